The molecule has 0 bridgehead atoms. The van der Waals surface area contributed by atoms with E-state index in [1.165, 1.54) is 0 Å². The molecule has 3 heterocycles. The molecular weight excluding hydrogens is 276 g/mol. The van der Waals surface area contributed by atoms with Gasteiger partial charge in [-0.1, -0.05) is 0 Å². The number of nitrogens with one attached hydrogen (secondary N) is 2. The van der Waals surface area contributed by atoms with E-state index < -0.39 is 0 Å². The van der Waals surface area contributed by atoms with Gasteiger partial charge in [0, 0.05) is 12.2 Å². The highest BCUT2D eigenvalue weighted by Gasteiger charge is 2.14. The average Bonchev–Trinajstić information content (AvgIpc) is 3.06. The van der Waals surface area contributed by atoms with E-state index in [0.29, 0.717) is 5.82 Å². The molecule has 0 aliphatic heterocycles. The minimum atomic E-state index is -0.106. The largest absolute Gasteiger partial charge is 0.394 e. The first-order valence-corrected chi connectivity index (χ1v) is 6.93. The zero-order chi connectivity index (χ0) is 14.1. The van der Waals surface area contributed by atoms with Crippen molar-refractivity contribution in [3.8, 4) is 10.6 Å². The summed E-state index contributed by atoms with van der Waals surface area (Å²) < 4.78 is 0.907. The van der Waals surface area contributed by atoms with Crippen molar-refractivity contribution in [3.05, 3.63) is 18.3 Å². The van der Waals surface area contributed by atoms with Gasteiger partial charge in [0.2, 0.25) is 5.95 Å². The molecule has 3 aromatic heterocycles. The number of anilines is 2. The fourth-order valence-corrected chi connectivity index (χ4v) is 2.88. The highest BCUT2D eigenvalue weighted by molar-refractivity contribution is 7.22. The summed E-state index contributed by atoms with van der Waals surface area (Å²) in [5, 5.41) is 19.1. The quantitative estimate of drug-likeness (QED) is 0.578. The number of aliphatic hydroxyl groups excluding tert-OH is 1. The van der Waals surface area contributed by atoms with Crippen molar-refractivity contribution in [1.82, 2.24) is 20.2 Å². The third-order valence-corrected chi connectivity index (χ3v) is 3.98. The zero-order valence-corrected chi connectivity index (χ0v) is 11.6. The Morgan fingerprint density at radius 2 is 2.35 bits per heavy atom. The first-order chi connectivity index (χ1) is 9.67. The highest BCUT2D eigenvalue weighted by Crippen LogP contribution is 2.35. The molecule has 0 fully saturated rings. The van der Waals surface area contributed by atoms with Crippen molar-refractivity contribution in [1.29, 1.82) is 0 Å². The van der Waals surface area contributed by atoms with Gasteiger partial charge < -0.3 is 16.2 Å². The normalized spacial score (nSPS) is 12.7. The number of aliphatic hydroxyl groups is 1. The molecule has 104 valence electrons. The van der Waals surface area contributed by atoms with Crippen LogP contribution in [0.2, 0.25) is 0 Å². The van der Waals surface area contributed by atoms with Crippen LogP contribution in [0.3, 0.4) is 0 Å². The predicted molar refractivity (Wildman–Crippen MR) is 79.6 cm³/mol. The molecule has 3 aromatic rings. The van der Waals surface area contributed by atoms with Gasteiger partial charge in [-0.2, -0.15) is 10.1 Å². The van der Waals surface area contributed by atoms with E-state index in [0.717, 1.165) is 20.8 Å². The van der Waals surface area contributed by atoms with Crippen molar-refractivity contribution in [2.75, 3.05) is 17.7 Å². The molecule has 20 heavy (non-hydrogen) atoms. The van der Waals surface area contributed by atoms with Gasteiger partial charge in [0.15, 0.2) is 0 Å². The lowest BCUT2D eigenvalue weighted by Gasteiger charge is -2.12. The van der Waals surface area contributed by atoms with Gasteiger partial charge in [-0.15, -0.1) is 11.3 Å². The van der Waals surface area contributed by atoms with Crippen LogP contribution in [-0.2, 0) is 0 Å². The Morgan fingerprint density at radius 1 is 1.50 bits per heavy atom. The molecule has 0 saturated carbocycles. The number of thiophene rings is 1. The van der Waals surface area contributed by atoms with Gasteiger partial charge in [-0.05, 0) is 19.1 Å². The van der Waals surface area contributed by atoms with Crippen LogP contribution < -0.4 is 11.1 Å². The predicted octanol–water partition coefficient (Wildman–Crippen LogP) is 1.46. The van der Waals surface area contributed by atoms with Gasteiger partial charge in [0.05, 0.1) is 27.4 Å². The second-order valence-electron chi connectivity index (χ2n) is 4.45. The van der Waals surface area contributed by atoms with Gasteiger partial charge in [-0.25, -0.2) is 4.98 Å². The van der Waals surface area contributed by atoms with Crippen LogP contribution in [0.15, 0.2) is 18.3 Å². The average molecular weight is 290 g/mol. The number of aromatic amines is 1. The molecule has 0 spiro atoms. The summed E-state index contributed by atoms with van der Waals surface area (Å²) in [7, 11) is 0. The first-order valence-electron chi connectivity index (χ1n) is 6.11. The number of nitrogens with zero attached hydrogens (tertiary/aromatic N) is 3. The lowest BCUT2D eigenvalue weighted by molar-refractivity contribution is 0.281. The maximum atomic E-state index is 9.15. The molecule has 0 aliphatic carbocycles. The number of aromatic nitrogens is 4. The zero-order valence-electron chi connectivity index (χ0n) is 10.8. The minimum absolute atomic E-state index is 0.0180. The molecule has 0 radical (unpaired) electrons. The Morgan fingerprint density at radius 3 is 3.05 bits per heavy atom. The number of hydrogen-bond acceptors (Lipinski definition) is 7. The molecule has 0 aliphatic rings. The molecule has 0 saturated heterocycles. The Labute approximate surface area is 118 Å². The summed E-state index contributed by atoms with van der Waals surface area (Å²) >= 11 is 1.55. The van der Waals surface area contributed by atoms with E-state index >= 15 is 0 Å². The molecule has 0 aromatic carbocycles. The van der Waals surface area contributed by atoms with E-state index in [4.69, 9.17) is 10.8 Å². The Bertz CT molecular complexity index is 723. The molecular formula is C12H14N6OS. The van der Waals surface area contributed by atoms with Crippen molar-refractivity contribution in [3.63, 3.8) is 0 Å². The van der Waals surface area contributed by atoms with E-state index in [-0.39, 0.29) is 18.6 Å². The topological polar surface area (TPSA) is 113 Å². The van der Waals surface area contributed by atoms with E-state index in [9.17, 15) is 0 Å². The molecule has 3 rings (SSSR count). The molecule has 0 amide bonds. The first kappa shape index (κ1) is 12.8. The Kier molecular flexibility index (Phi) is 3.25. The maximum Gasteiger partial charge on any atom is 0.222 e. The summed E-state index contributed by atoms with van der Waals surface area (Å²) in [6, 6.07) is 3.73. The van der Waals surface area contributed by atoms with Crippen LogP contribution >= 0.6 is 11.3 Å². The lowest BCUT2D eigenvalue weighted by Crippen LogP contribution is -2.20. The maximum absolute atomic E-state index is 9.15. The number of hydrogen-bond donors (Lipinski definition) is 4. The van der Waals surface area contributed by atoms with E-state index in [1.54, 1.807) is 17.5 Å². The minimum Gasteiger partial charge on any atom is -0.394 e. The SMILES string of the molecule is CC(CO)Nc1nc(N)nc2cc(-c3ccn[nH]3)sc12. The van der Waals surface area contributed by atoms with Gasteiger partial charge in [-0.3, -0.25) is 5.10 Å². The standard InChI is InChI=1S/C12H14N6OS/c1-6(5-19)15-11-10-8(16-12(13)17-11)4-9(20-10)7-2-3-14-18-7/h2-4,6,19H,5H2,1H3,(H,14,18)(H3,13,15,16,17). The molecule has 5 N–H and O–H groups in total. The molecule has 7 nitrogen and oxygen atoms in total. The lowest BCUT2D eigenvalue weighted by atomic mass is 10.3. The number of H-pyrrole nitrogens is 1. The van der Waals surface area contributed by atoms with Crippen LogP contribution in [0.4, 0.5) is 11.8 Å². The third kappa shape index (κ3) is 2.30. The second kappa shape index (κ2) is 5.06. The van der Waals surface area contributed by atoms with Crippen LogP contribution in [0.25, 0.3) is 20.8 Å². The number of fused-ring (bicyclic) bond motifs is 1. The van der Waals surface area contributed by atoms with Crippen molar-refractivity contribution in [2.24, 2.45) is 0 Å². The number of nitrogens with two attached hydrogens (primary N) is 1. The monoisotopic (exact) mass is 290 g/mol. The van der Waals surface area contributed by atoms with Crippen molar-refractivity contribution < 1.29 is 5.11 Å². The van der Waals surface area contributed by atoms with Crippen LogP contribution in [0.1, 0.15) is 6.92 Å². The summed E-state index contributed by atoms with van der Waals surface area (Å²) in [6.07, 6.45) is 1.70. The summed E-state index contributed by atoms with van der Waals surface area (Å²) in [5.41, 5.74) is 7.43. The van der Waals surface area contributed by atoms with E-state index in [2.05, 4.69) is 25.5 Å². The van der Waals surface area contributed by atoms with Gasteiger partial charge in [0.1, 0.15) is 5.82 Å². The highest BCUT2D eigenvalue weighted by atomic mass is 32.1. The van der Waals surface area contributed by atoms with Gasteiger partial charge >= 0.3 is 0 Å². The second-order valence-corrected chi connectivity index (χ2v) is 5.51. The third-order valence-electron chi connectivity index (χ3n) is 2.81. The summed E-state index contributed by atoms with van der Waals surface area (Å²) in [5.74, 6) is 0.851. The van der Waals surface area contributed by atoms with Crippen LogP contribution in [-0.4, -0.2) is 37.9 Å². The van der Waals surface area contributed by atoms with Gasteiger partial charge in [0.25, 0.3) is 0 Å². The van der Waals surface area contributed by atoms with Crippen LogP contribution in [0, 0.1) is 0 Å². The Hall–Kier alpha value is -2.19. The smallest absolute Gasteiger partial charge is 0.222 e. The molecule has 1 atom stereocenters. The number of rotatable bonds is 4. The molecule has 1 unspecified atom stereocenters. The number of nitrogen functional groups attached to an aromatic ring is 1. The fraction of sp³-hybridized carbons (Fsp3) is 0.250. The van der Waals surface area contributed by atoms with Crippen LogP contribution in [0.5, 0.6) is 0 Å². The van der Waals surface area contributed by atoms with Crippen molar-refractivity contribution >= 4 is 33.3 Å². The van der Waals surface area contributed by atoms with E-state index in [1.807, 2.05) is 19.1 Å². The summed E-state index contributed by atoms with van der Waals surface area (Å²) in [4.78, 5) is 9.46. The Balaban J connectivity index is 2.10. The summed E-state index contributed by atoms with van der Waals surface area (Å²) in [6.45, 7) is 1.89. The molecule has 8 heteroatoms. The van der Waals surface area contributed by atoms with Crippen molar-refractivity contribution in [2.45, 2.75) is 13.0 Å². The fourth-order valence-electron chi connectivity index (χ4n) is 1.85.